The monoisotopic (exact) mass is 258 g/mol. The Morgan fingerprint density at radius 1 is 1.24 bits per heavy atom. The van der Waals surface area contributed by atoms with Crippen molar-refractivity contribution in [2.45, 2.75) is 73.1 Å². The minimum atomic E-state index is 0.444. The van der Waals surface area contributed by atoms with Crippen LogP contribution in [0.5, 0.6) is 0 Å². The summed E-state index contributed by atoms with van der Waals surface area (Å²) in [7, 11) is 0. The molecule has 1 aliphatic rings. The van der Waals surface area contributed by atoms with E-state index >= 15 is 0 Å². The van der Waals surface area contributed by atoms with Crippen molar-refractivity contribution in [3.05, 3.63) is 0 Å². The van der Waals surface area contributed by atoms with Gasteiger partial charge >= 0.3 is 0 Å². The number of hydrogen-bond acceptors (Lipinski definition) is 0. The summed E-state index contributed by atoms with van der Waals surface area (Å²) in [6.45, 7) is 11.9. The van der Waals surface area contributed by atoms with Crippen LogP contribution in [0.4, 0.5) is 0 Å². The van der Waals surface area contributed by atoms with Gasteiger partial charge in [0.15, 0.2) is 0 Å². The van der Waals surface area contributed by atoms with Crippen molar-refractivity contribution >= 4 is 11.6 Å². The van der Waals surface area contributed by atoms with Crippen molar-refractivity contribution in [1.82, 2.24) is 0 Å². The second-order valence-electron chi connectivity index (χ2n) is 7.33. The Kier molecular flexibility index (Phi) is 5.38. The van der Waals surface area contributed by atoms with Gasteiger partial charge in [-0.1, -0.05) is 47.5 Å². The Bertz CT molecular complexity index is 218. The average Bonchev–Trinajstić information content (AvgIpc) is 2.28. The van der Waals surface area contributed by atoms with Gasteiger partial charge in [0.1, 0.15) is 0 Å². The van der Waals surface area contributed by atoms with Gasteiger partial charge in [-0.3, -0.25) is 0 Å². The maximum absolute atomic E-state index is 6.33. The van der Waals surface area contributed by atoms with E-state index in [0.29, 0.717) is 10.8 Å². The van der Waals surface area contributed by atoms with Crippen molar-refractivity contribution in [2.24, 2.45) is 22.7 Å². The molecule has 0 N–H and O–H groups in total. The molecule has 0 saturated heterocycles. The van der Waals surface area contributed by atoms with Crippen molar-refractivity contribution < 1.29 is 0 Å². The Morgan fingerprint density at radius 2 is 1.76 bits per heavy atom. The highest BCUT2D eigenvalue weighted by atomic mass is 35.5. The van der Waals surface area contributed by atoms with E-state index in [1.807, 2.05) is 0 Å². The van der Waals surface area contributed by atoms with Gasteiger partial charge in [-0.15, -0.1) is 11.6 Å². The van der Waals surface area contributed by atoms with E-state index in [1.165, 1.54) is 38.5 Å². The largest absolute Gasteiger partial charge is 0.126 e. The fourth-order valence-electron chi connectivity index (χ4n) is 3.56. The highest BCUT2D eigenvalue weighted by Crippen LogP contribution is 2.50. The van der Waals surface area contributed by atoms with E-state index in [0.717, 1.165) is 17.7 Å². The summed E-state index contributed by atoms with van der Waals surface area (Å²) in [5, 5.41) is 0. The zero-order valence-corrected chi connectivity index (χ0v) is 13.2. The van der Waals surface area contributed by atoms with E-state index in [9.17, 15) is 0 Å². The standard InChI is InChI=1S/C16H31Cl/c1-6-7-13(2)16(12-17)10-8-14(9-11-16)15(3,4)5/h13-14H,6-12H2,1-5H3. The van der Waals surface area contributed by atoms with Crippen LogP contribution in [-0.4, -0.2) is 5.88 Å². The lowest BCUT2D eigenvalue weighted by Gasteiger charge is -2.46. The van der Waals surface area contributed by atoms with E-state index in [-0.39, 0.29) is 0 Å². The molecule has 0 nitrogen and oxygen atoms in total. The van der Waals surface area contributed by atoms with Crippen LogP contribution in [-0.2, 0) is 0 Å². The molecule has 0 aromatic carbocycles. The lowest BCUT2D eigenvalue weighted by atomic mass is 9.60. The van der Waals surface area contributed by atoms with Crippen molar-refractivity contribution in [2.75, 3.05) is 5.88 Å². The summed E-state index contributed by atoms with van der Waals surface area (Å²) >= 11 is 6.33. The molecule has 1 unspecified atom stereocenters. The SMILES string of the molecule is CCCC(C)C1(CCl)CCC(C(C)(C)C)CC1. The lowest BCUT2D eigenvalue weighted by molar-refractivity contribution is 0.0593. The maximum atomic E-state index is 6.33. The minimum absolute atomic E-state index is 0.444. The molecule has 0 bridgehead atoms. The van der Waals surface area contributed by atoms with E-state index in [1.54, 1.807) is 0 Å². The van der Waals surface area contributed by atoms with Crippen LogP contribution in [0.2, 0.25) is 0 Å². The number of hydrogen-bond donors (Lipinski definition) is 0. The van der Waals surface area contributed by atoms with Gasteiger partial charge in [0.25, 0.3) is 0 Å². The number of halogens is 1. The first kappa shape index (κ1) is 15.3. The highest BCUT2D eigenvalue weighted by molar-refractivity contribution is 6.18. The second kappa shape index (κ2) is 5.95. The summed E-state index contributed by atoms with van der Waals surface area (Å²) in [4.78, 5) is 0. The van der Waals surface area contributed by atoms with Crippen LogP contribution >= 0.6 is 11.6 Å². The lowest BCUT2D eigenvalue weighted by Crippen LogP contribution is -2.38. The molecule has 0 spiro atoms. The number of alkyl halides is 1. The Morgan fingerprint density at radius 3 is 2.12 bits per heavy atom. The highest BCUT2D eigenvalue weighted by Gasteiger charge is 2.41. The van der Waals surface area contributed by atoms with E-state index in [4.69, 9.17) is 11.6 Å². The molecular weight excluding hydrogens is 228 g/mol. The average molecular weight is 259 g/mol. The van der Waals surface area contributed by atoms with E-state index < -0.39 is 0 Å². The first-order valence-corrected chi connectivity index (χ1v) is 7.95. The summed E-state index contributed by atoms with van der Waals surface area (Å²) < 4.78 is 0. The molecule has 0 aliphatic heterocycles. The molecule has 0 amide bonds. The predicted octanol–water partition coefficient (Wildman–Crippen LogP) is 5.88. The van der Waals surface area contributed by atoms with Gasteiger partial charge in [-0.05, 0) is 48.3 Å². The zero-order chi connectivity index (χ0) is 13.1. The molecule has 0 aromatic rings. The van der Waals surface area contributed by atoms with Gasteiger partial charge < -0.3 is 0 Å². The molecule has 0 radical (unpaired) electrons. The molecule has 17 heavy (non-hydrogen) atoms. The second-order valence-corrected chi connectivity index (χ2v) is 7.59. The predicted molar refractivity (Wildman–Crippen MR) is 78.6 cm³/mol. The quantitative estimate of drug-likeness (QED) is 0.552. The van der Waals surface area contributed by atoms with Gasteiger partial charge in [-0.25, -0.2) is 0 Å². The number of rotatable bonds is 4. The van der Waals surface area contributed by atoms with Crippen LogP contribution < -0.4 is 0 Å². The summed E-state index contributed by atoms with van der Waals surface area (Å²) in [5.74, 6) is 2.56. The van der Waals surface area contributed by atoms with Crippen LogP contribution in [0, 0.1) is 22.7 Å². The molecule has 1 rings (SSSR count). The van der Waals surface area contributed by atoms with Crippen molar-refractivity contribution in [3.8, 4) is 0 Å². The maximum Gasteiger partial charge on any atom is 0.0282 e. The third kappa shape index (κ3) is 3.63. The fraction of sp³-hybridized carbons (Fsp3) is 1.00. The van der Waals surface area contributed by atoms with Crippen molar-refractivity contribution in [3.63, 3.8) is 0 Å². The van der Waals surface area contributed by atoms with Gasteiger partial charge in [0.2, 0.25) is 0 Å². The first-order chi connectivity index (χ1) is 7.85. The molecule has 1 atom stereocenters. The van der Waals surface area contributed by atoms with Crippen LogP contribution in [0.3, 0.4) is 0 Å². The minimum Gasteiger partial charge on any atom is -0.126 e. The molecule has 0 heterocycles. The normalized spacial score (nSPS) is 32.5. The topological polar surface area (TPSA) is 0 Å². The van der Waals surface area contributed by atoms with Crippen LogP contribution in [0.15, 0.2) is 0 Å². The fourth-order valence-corrected chi connectivity index (χ4v) is 4.09. The summed E-state index contributed by atoms with van der Waals surface area (Å²) in [6.07, 6.45) is 8.09. The summed E-state index contributed by atoms with van der Waals surface area (Å²) in [6, 6.07) is 0. The summed E-state index contributed by atoms with van der Waals surface area (Å²) in [5.41, 5.74) is 0.922. The van der Waals surface area contributed by atoms with Crippen LogP contribution in [0.25, 0.3) is 0 Å². The Hall–Kier alpha value is 0.290. The van der Waals surface area contributed by atoms with Gasteiger partial charge in [-0.2, -0.15) is 0 Å². The molecular formula is C16H31Cl. The molecule has 1 aliphatic carbocycles. The van der Waals surface area contributed by atoms with Gasteiger partial charge in [0, 0.05) is 5.88 Å². The molecule has 102 valence electrons. The van der Waals surface area contributed by atoms with E-state index in [2.05, 4.69) is 34.6 Å². The smallest absolute Gasteiger partial charge is 0.0282 e. The molecule has 0 aromatic heterocycles. The zero-order valence-electron chi connectivity index (χ0n) is 12.5. The third-order valence-electron chi connectivity index (χ3n) is 5.24. The van der Waals surface area contributed by atoms with Crippen molar-refractivity contribution in [1.29, 1.82) is 0 Å². The first-order valence-electron chi connectivity index (χ1n) is 7.41. The van der Waals surface area contributed by atoms with Gasteiger partial charge in [0.05, 0.1) is 0 Å². The molecule has 1 heteroatoms. The molecule has 1 saturated carbocycles. The Balaban J connectivity index is 2.63. The Labute approximate surface area is 114 Å². The van der Waals surface area contributed by atoms with Crippen LogP contribution in [0.1, 0.15) is 73.1 Å². The molecule has 1 fully saturated rings. The third-order valence-corrected chi connectivity index (χ3v) is 5.77.